The zero-order valence-electron chi connectivity index (χ0n) is 7.78. The Hall–Kier alpha value is -1.75. The number of rotatable bonds is 3. The van der Waals surface area contributed by atoms with Crippen molar-refractivity contribution in [1.29, 1.82) is 0 Å². The highest BCUT2D eigenvalue weighted by Crippen LogP contribution is 2.21. The van der Waals surface area contributed by atoms with Gasteiger partial charge in [0.2, 0.25) is 0 Å². The number of benzene rings is 1. The normalized spacial score (nSPS) is 9.57. The monoisotopic (exact) mass is 196 g/mol. The van der Waals surface area contributed by atoms with E-state index in [1.807, 2.05) is 0 Å². The van der Waals surface area contributed by atoms with Crippen molar-refractivity contribution in [1.82, 2.24) is 0 Å². The minimum Gasteiger partial charge on any atom is -0.507 e. The Labute approximate surface area is 81.5 Å². The largest absolute Gasteiger partial charge is 0.507 e. The summed E-state index contributed by atoms with van der Waals surface area (Å²) < 4.78 is 4.73. The zero-order chi connectivity index (χ0) is 10.6. The fourth-order valence-corrected chi connectivity index (χ4v) is 1.00. The first-order valence-corrected chi connectivity index (χ1v) is 4.15. The number of hydrogen-bond donors (Lipinski definition) is 3. The van der Waals surface area contributed by atoms with E-state index in [-0.39, 0.29) is 17.9 Å². The van der Waals surface area contributed by atoms with E-state index >= 15 is 0 Å². The van der Waals surface area contributed by atoms with Crippen LogP contribution in [-0.2, 0) is 4.74 Å². The van der Waals surface area contributed by atoms with Crippen molar-refractivity contribution in [3.05, 3.63) is 23.8 Å². The van der Waals surface area contributed by atoms with Crippen LogP contribution in [0, 0.1) is 0 Å². The molecule has 0 saturated heterocycles. The molecule has 0 bridgehead atoms. The number of hydrogen-bond acceptors (Lipinski definition) is 5. The first-order chi connectivity index (χ1) is 6.69. The van der Waals surface area contributed by atoms with Crippen LogP contribution in [0.2, 0.25) is 0 Å². The zero-order valence-corrected chi connectivity index (χ0v) is 7.78. The number of hydrazine groups is 1. The van der Waals surface area contributed by atoms with Gasteiger partial charge in [0.1, 0.15) is 11.3 Å². The molecule has 1 aromatic carbocycles. The molecule has 0 aromatic heterocycles. The van der Waals surface area contributed by atoms with E-state index in [0.29, 0.717) is 5.69 Å². The number of phenolic OH excluding ortho intramolecular Hbond substituents is 1. The Balaban J connectivity index is 2.94. The maximum absolute atomic E-state index is 11.2. The van der Waals surface area contributed by atoms with Gasteiger partial charge in [-0.15, -0.1) is 0 Å². The summed E-state index contributed by atoms with van der Waals surface area (Å²) in [4.78, 5) is 11.2. The molecule has 0 fully saturated rings. The molecule has 0 heterocycles. The first-order valence-electron chi connectivity index (χ1n) is 4.15. The lowest BCUT2D eigenvalue weighted by atomic mass is 10.2. The van der Waals surface area contributed by atoms with Crippen molar-refractivity contribution in [2.45, 2.75) is 6.92 Å². The summed E-state index contributed by atoms with van der Waals surface area (Å²) in [5.41, 5.74) is 3.01. The van der Waals surface area contributed by atoms with Gasteiger partial charge >= 0.3 is 5.97 Å². The predicted octanol–water partition coefficient (Wildman–Crippen LogP) is 0.854. The van der Waals surface area contributed by atoms with Crippen LogP contribution in [0.15, 0.2) is 18.2 Å². The molecule has 5 nitrogen and oxygen atoms in total. The molecule has 0 unspecified atom stereocenters. The standard InChI is InChI=1S/C9H12N2O3/c1-2-14-9(13)7-4-3-6(11-10)5-8(7)12/h3-5,11-12H,2,10H2,1H3. The van der Waals surface area contributed by atoms with E-state index in [1.165, 1.54) is 12.1 Å². The molecule has 0 amide bonds. The number of nitrogen functional groups attached to an aromatic ring is 1. The van der Waals surface area contributed by atoms with E-state index in [4.69, 9.17) is 10.6 Å². The number of anilines is 1. The van der Waals surface area contributed by atoms with Gasteiger partial charge in [-0.25, -0.2) is 4.79 Å². The van der Waals surface area contributed by atoms with Crippen LogP contribution in [0.5, 0.6) is 5.75 Å². The molecule has 76 valence electrons. The minimum absolute atomic E-state index is 0.130. The summed E-state index contributed by atoms with van der Waals surface area (Å²) in [5.74, 6) is 4.42. The molecular weight excluding hydrogens is 184 g/mol. The Morgan fingerprint density at radius 3 is 2.86 bits per heavy atom. The van der Waals surface area contributed by atoms with Crippen LogP contribution < -0.4 is 11.3 Å². The van der Waals surface area contributed by atoms with E-state index in [9.17, 15) is 9.90 Å². The molecule has 0 aliphatic heterocycles. The molecule has 4 N–H and O–H groups in total. The lowest BCUT2D eigenvalue weighted by molar-refractivity contribution is 0.0523. The van der Waals surface area contributed by atoms with Crippen LogP contribution in [0.1, 0.15) is 17.3 Å². The summed E-state index contributed by atoms with van der Waals surface area (Å²) in [5, 5.41) is 9.42. The van der Waals surface area contributed by atoms with Gasteiger partial charge in [-0.1, -0.05) is 0 Å². The fraction of sp³-hybridized carbons (Fsp3) is 0.222. The third kappa shape index (κ3) is 2.14. The maximum atomic E-state index is 11.2. The molecule has 0 saturated carbocycles. The third-order valence-corrected chi connectivity index (χ3v) is 1.66. The second kappa shape index (κ2) is 4.48. The van der Waals surface area contributed by atoms with E-state index < -0.39 is 5.97 Å². The first kappa shape index (κ1) is 10.3. The average molecular weight is 196 g/mol. The smallest absolute Gasteiger partial charge is 0.341 e. The SMILES string of the molecule is CCOC(=O)c1ccc(NN)cc1O. The van der Waals surface area contributed by atoms with Crippen molar-refractivity contribution >= 4 is 11.7 Å². The molecule has 0 aliphatic rings. The van der Waals surface area contributed by atoms with Crippen LogP contribution in [0.4, 0.5) is 5.69 Å². The van der Waals surface area contributed by atoms with E-state index in [1.54, 1.807) is 13.0 Å². The Morgan fingerprint density at radius 2 is 2.36 bits per heavy atom. The van der Waals surface area contributed by atoms with E-state index in [0.717, 1.165) is 0 Å². The number of aromatic hydroxyl groups is 1. The summed E-state index contributed by atoms with van der Waals surface area (Å²) in [7, 11) is 0. The fourth-order valence-electron chi connectivity index (χ4n) is 1.00. The Morgan fingerprint density at radius 1 is 1.64 bits per heavy atom. The molecule has 1 aromatic rings. The van der Waals surface area contributed by atoms with Gasteiger partial charge in [0, 0.05) is 6.07 Å². The molecule has 0 aliphatic carbocycles. The molecule has 0 radical (unpaired) electrons. The number of phenols is 1. The highest BCUT2D eigenvalue weighted by molar-refractivity contribution is 5.92. The van der Waals surface area contributed by atoms with Crippen molar-refractivity contribution in [2.24, 2.45) is 5.84 Å². The van der Waals surface area contributed by atoms with Gasteiger partial charge in [-0.3, -0.25) is 5.84 Å². The lowest BCUT2D eigenvalue weighted by Gasteiger charge is -2.05. The second-order valence-corrected chi connectivity index (χ2v) is 2.60. The van der Waals surface area contributed by atoms with Crippen LogP contribution >= 0.6 is 0 Å². The van der Waals surface area contributed by atoms with Crippen molar-refractivity contribution < 1.29 is 14.6 Å². The van der Waals surface area contributed by atoms with Crippen LogP contribution in [0.25, 0.3) is 0 Å². The van der Waals surface area contributed by atoms with E-state index in [2.05, 4.69) is 5.43 Å². The Kier molecular flexibility index (Phi) is 3.30. The van der Waals surface area contributed by atoms with Crippen molar-refractivity contribution in [3.8, 4) is 5.75 Å². The Bertz CT molecular complexity index is 339. The van der Waals surface area contributed by atoms with Gasteiger partial charge in [-0.05, 0) is 19.1 Å². The van der Waals surface area contributed by atoms with Crippen LogP contribution in [0.3, 0.4) is 0 Å². The number of carbonyl (C=O) groups is 1. The molecular formula is C9H12N2O3. The molecule has 14 heavy (non-hydrogen) atoms. The highest BCUT2D eigenvalue weighted by Gasteiger charge is 2.11. The van der Waals surface area contributed by atoms with Crippen molar-refractivity contribution in [3.63, 3.8) is 0 Å². The minimum atomic E-state index is -0.548. The average Bonchev–Trinajstić information content (AvgIpc) is 2.17. The van der Waals surface area contributed by atoms with Gasteiger partial charge in [-0.2, -0.15) is 0 Å². The number of esters is 1. The third-order valence-electron chi connectivity index (χ3n) is 1.66. The summed E-state index contributed by atoms with van der Waals surface area (Å²) in [6.07, 6.45) is 0. The van der Waals surface area contributed by atoms with Gasteiger partial charge in [0.05, 0.1) is 12.3 Å². The van der Waals surface area contributed by atoms with Crippen molar-refractivity contribution in [2.75, 3.05) is 12.0 Å². The number of carbonyl (C=O) groups excluding carboxylic acids is 1. The number of nitrogens with two attached hydrogens (primary N) is 1. The lowest BCUT2D eigenvalue weighted by Crippen LogP contribution is -2.08. The molecule has 0 atom stereocenters. The number of nitrogens with one attached hydrogen (secondary N) is 1. The summed E-state index contributed by atoms with van der Waals surface area (Å²) in [6, 6.07) is 4.38. The van der Waals surface area contributed by atoms with Gasteiger partial charge in [0.15, 0.2) is 0 Å². The molecule has 0 spiro atoms. The van der Waals surface area contributed by atoms with Gasteiger partial charge < -0.3 is 15.3 Å². The number of ether oxygens (including phenoxy) is 1. The quantitative estimate of drug-likeness (QED) is 0.379. The predicted molar refractivity (Wildman–Crippen MR) is 51.9 cm³/mol. The van der Waals surface area contributed by atoms with Gasteiger partial charge in [0.25, 0.3) is 0 Å². The second-order valence-electron chi connectivity index (χ2n) is 2.60. The molecule has 1 rings (SSSR count). The molecule has 5 heteroatoms. The topological polar surface area (TPSA) is 84.6 Å². The summed E-state index contributed by atoms with van der Waals surface area (Å²) >= 11 is 0. The maximum Gasteiger partial charge on any atom is 0.341 e. The highest BCUT2D eigenvalue weighted by atomic mass is 16.5. The summed E-state index contributed by atoms with van der Waals surface area (Å²) in [6.45, 7) is 1.97. The van der Waals surface area contributed by atoms with Crippen LogP contribution in [-0.4, -0.2) is 17.7 Å².